The molecule has 1 aromatic carbocycles. The number of piperidine rings is 1. The van der Waals surface area contributed by atoms with Crippen molar-refractivity contribution in [2.45, 2.75) is 25.0 Å². The Morgan fingerprint density at radius 2 is 2.17 bits per heavy atom. The van der Waals surface area contributed by atoms with Crippen LogP contribution in [0.5, 0.6) is 5.75 Å². The van der Waals surface area contributed by atoms with Gasteiger partial charge >= 0.3 is 5.97 Å². The van der Waals surface area contributed by atoms with Crippen molar-refractivity contribution in [2.75, 3.05) is 18.8 Å². The molecule has 3 heterocycles. The van der Waals surface area contributed by atoms with Gasteiger partial charge in [-0.3, -0.25) is 4.99 Å². The maximum atomic E-state index is 11.0. The second-order valence-corrected chi connectivity index (χ2v) is 7.85. The Labute approximate surface area is 147 Å². The van der Waals surface area contributed by atoms with Gasteiger partial charge in [-0.25, -0.2) is 9.78 Å². The van der Waals surface area contributed by atoms with E-state index in [0.29, 0.717) is 5.75 Å². The fraction of sp³-hybridized carbons (Fsp3) is 0.438. The third-order valence-electron chi connectivity index (χ3n) is 4.07. The topological polar surface area (TPSA) is 83.8 Å². The van der Waals surface area contributed by atoms with E-state index in [4.69, 9.17) is 9.84 Å². The monoisotopic (exact) mass is 363 g/mol. The highest BCUT2D eigenvalue weighted by molar-refractivity contribution is 8.15. The summed E-state index contributed by atoms with van der Waals surface area (Å²) in [5, 5.41) is 13.9. The fourth-order valence-electron chi connectivity index (χ4n) is 2.79. The molecule has 1 fully saturated rings. The van der Waals surface area contributed by atoms with Gasteiger partial charge < -0.3 is 15.2 Å². The van der Waals surface area contributed by atoms with Crippen molar-refractivity contribution in [3.05, 3.63) is 23.2 Å². The van der Waals surface area contributed by atoms with Crippen molar-refractivity contribution >= 4 is 44.3 Å². The van der Waals surface area contributed by atoms with Crippen LogP contribution in [0.2, 0.25) is 0 Å². The van der Waals surface area contributed by atoms with E-state index in [0.717, 1.165) is 51.9 Å². The minimum Gasteiger partial charge on any atom is -0.490 e. The largest absolute Gasteiger partial charge is 0.490 e. The third-order valence-corrected chi connectivity index (χ3v) is 6.28. The standard InChI is InChI=1S/C16H17N3O3S2/c20-16(21)12-8-23-14(19-12)15-18-11-2-1-10(7-13(11)24-15)22-9-3-5-17-6-4-9/h1-2,7,9,12,17H,3-6,8H2,(H,20,21). The number of carboxylic acid groups (broad SMARTS) is 1. The zero-order chi connectivity index (χ0) is 16.5. The number of aromatic nitrogens is 1. The number of nitrogens with zero attached hydrogens (tertiary/aromatic N) is 2. The van der Waals surface area contributed by atoms with Gasteiger partial charge in [0.1, 0.15) is 21.9 Å². The van der Waals surface area contributed by atoms with Crippen LogP contribution in [0.1, 0.15) is 17.8 Å². The molecule has 0 aliphatic carbocycles. The van der Waals surface area contributed by atoms with Gasteiger partial charge in [-0.2, -0.15) is 0 Å². The first-order chi connectivity index (χ1) is 11.7. The Morgan fingerprint density at radius 3 is 2.92 bits per heavy atom. The highest BCUT2D eigenvalue weighted by Crippen LogP contribution is 2.32. The molecule has 24 heavy (non-hydrogen) atoms. The lowest BCUT2D eigenvalue weighted by Crippen LogP contribution is -2.34. The summed E-state index contributed by atoms with van der Waals surface area (Å²) in [7, 11) is 0. The average molecular weight is 363 g/mol. The predicted molar refractivity (Wildman–Crippen MR) is 96.6 cm³/mol. The van der Waals surface area contributed by atoms with Crippen molar-refractivity contribution in [3.8, 4) is 5.75 Å². The van der Waals surface area contributed by atoms with E-state index in [-0.39, 0.29) is 6.10 Å². The SMILES string of the molecule is O=C(O)C1CSC(c2nc3ccc(OC4CCNCC4)cc3s2)=N1. The lowest BCUT2D eigenvalue weighted by molar-refractivity contribution is -0.137. The maximum absolute atomic E-state index is 11.0. The van der Waals surface area contributed by atoms with E-state index in [1.54, 1.807) is 0 Å². The summed E-state index contributed by atoms with van der Waals surface area (Å²) in [4.78, 5) is 19.9. The second-order valence-electron chi connectivity index (χ2n) is 5.82. The molecular weight excluding hydrogens is 346 g/mol. The van der Waals surface area contributed by atoms with E-state index in [9.17, 15) is 4.79 Å². The molecule has 2 aliphatic heterocycles. The summed E-state index contributed by atoms with van der Waals surface area (Å²) in [6, 6.07) is 5.28. The van der Waals surface area contributed by atoms with E-state index in [1.165, 1.54) is 23.1 Å². The number of nitrogens with one attached hydrogen (secondary N) is 1. The Morgan fingerprint density at radius 1 is 1.33 bits per heavy atom. The van der Waals surface area contributed by atoms with Gasteiger partial charge in [0.15, 0.2) is 6.04 Å². The number of ether oxygens (including phenoxy) is 1. The highest BCUT2D eigenvalue weighted by Gasteiger charge is 2.27. The molecule has 8 heteroatoms. The number of thioether (sulfide) groups is 1. The summed E-state index contributed by atoms with van der Waals surface area (Å²) in [5.74, 6) is 0.468. The number of hydrogen-bond donors (Lipinski definition) is 2. The lowest BCUT2D eigenvalue weighted by Gasteiger charge is -2.23. The molecule has 2 aliphatic rings. The number of hydrogen-bond acceptors (Lipinski definition) is 7. The molecule has 1 unspecified atom stereocenters. The Kier molecular flexibility index (Phi) is 4.43. The van der Waals surface area contributed by atoms with Crippen LogP contribution in [0.25, 0.3) is 10.2 Å². The molecule has 0 spiro atoms. The highest BCUT2D eigenvalue weighted by atomic mass is 32.2. The van der Waals surface area contributed by atoms with Crippen LogP contribution >= 0.6 is 23.1 Å². The lowest BCUT2D eigenvalue weighted by atomic mass is 10.1. The van der Waals surface area contributed by atoms with Crippen molar-refractivity contribution in [1.82, 2.24) is 10.3 Å². The first-order valence-electron chi connectivity index (χ1n) is 7.91. The quantitative estimate of drug-likeness (QED) is 0.868. The number of fused-ring (bicyclic) bond motifs is 1. The van der Waals surface area contributed by atoms with Gasteiger partial charge in [0.05, 0.1) is 10.2 Å². The first-order valence-corrected chi connectivity index (χ1v) is 9.71. The smallest absolute Gasteiger partial charge is 0.329 e. The van der Waals surface area contributed by atoms with Crippen LogP contribution in [0.15, 0.2) is 23.2 Å². The average Bonchev–Trinajstić information content (AvgIpc) is 3.22. The van der Waals surface area contributed by atoms with Crippen molar-refractivity contribution in [1.29, 1.82) is 0 Å². The third kappa shape index (κ3) is 3.26. The molecule has 1 atom stereocenters. The zero-order valence-electron chi connectivity index (χ0n) is 12.9. The van der Waals surface area contributed by atoms with Crippen molar-refractivity contribution < 1.29 is 14.6 Å². The van der Waals surface area contributed by atoms with Crippen LogP contribution in [-0.2, 0) is 4.79 Å². The summed E-state index contributed by atoms with van der Waals surface area (Å²) >= 11 is 3.00. The molecule has 0 saturated carbocycles. The summed E-state index contributed by atoms with van der Waals surface area (Å²) in [6.07, 6.45) is 2.31. The van der Waals surface area contributed by atoms with Crippen LogP contribution < -0.4 is 10.1 Å². The Bertz CT molecular complexity index is 799. The number of benzene rings is 1. The van der Waals surface area contributed by atoms with Gasteiger partial charge in [0.2, 0.25) is 0 Å². The van der Waals surface area contributed by atoms with Gasteiger partial charge in [0.25, 0.3) is 0 Å². The fourth-order valence-corrected chi connectivity index (χ4v) is 4.88. The number of aliphatic carboxylic acids is 1. The van der Waals surface area contributed by atoms with Gasteiger partial charge in [-0.05, 0) is 44.1 Å². The molecule has 1 aromatic heterocycles. The summed E-state index contributed by atoms with van der Waals surface area (Å²) in [5.41, 5.74) is 0.898. The van der Waals surface area contributed by atoms with Gasteiger partial charge in [0, 0.05) is 5.75 Å². The second kappa shape index (κ2) is 6.70. The molecular formula is C16H17N3O3S2. The van der Waals surface area contributed by atoms with Crippen LogP contribution in [0.4, 0.5) is 0 Å². The van der Waals surface area contributed by atoms with Crippen LogP contribution in [0, 0.1) is 0 Å². The normalized spacial score (nSPS) is 21.8. The molecule has 6 nitrogen and oxygen atoms in total. The molecule has 4 rings (SSSR count). The molecule has 1 saturated heterocycles. The minimum absolute atomic E-state index is 0.266. The minimum atomic E-state index is -0.878. The molecule has 126 valence electrons. The number of carbonyl (C=O) groups is 1. The number of aliphatic imine (C=N–C) groups is 1. The van der Waals surface area contributed by atoms with Crippen LogP contribution in [0.3, 0.4) is 0 Å². The first kappa shape index (κ1) is 15.9. The predicted octanol–water partition coefficient (Wildman–Crippen LogP) is 2.37. The summed E-state index contributed by atoms with van der Waals surface area (Å²) in [6.45, 7) is 2.00. The van der Waals surface area contributed by atoms with Crippen LogP contribution in [-0.4, -0.2) is 52.1 Å². The van der Waals surface area contributed by atoms with E-state index in [1.807, 2.05) is 18.2 Å². The number of thiazole rings is 1. The number of rotatable bonds is 4. The molecule has 2 aromatic rings. The number of carboxylic acids is 1. The molecule has 0 radical (unpaired) electrons. The van der Waals surface area contributed by atoms with E-state index >= 15 is 0 Å². The van der Waals surface area contributed by atoms with Crippen molar-refractivity contribution in [2.24, 2.45) is 4.99 Å². The molecule has 2 N–H and O–H groups in total. The Hall–Kier alpha value is -1.64. The zero-order valence-corrected chi connectivity index (χ0v) is 14.5. The van der Waals surface area contributed by atoms with Gasteiger partial charge in [-0.15, -0.1) is 23.1 Å². The van der Waals surface area contributed by atoms with E-state index in [2.05, 4.69) is 15.3 Å². The Balaban J connectivity index is 1.55. The van der Waals surface area contributed by atoms with Gasteiger partial charge in [-0.1, -0.05) is 0 Å². The van der Waals surface area contributed by atoms with Crippen molar-refractivity contribution in [3.63, 3.8) is 0 Å². The van der Waals surface area contributed by atoms with E-state index < -0.39 is 12.0 Å². The molecule has 0 amide bonds. The molecule has 0 bridgehead atoms. The summed E-state index contributed by atoms with van der Waals surface area (Å²) < 4.78 is 7.11. The maximum Gasteiger partial charge on any atom is 0.329 e.